The highest BCUT2D eigenvalue weighted by Gasteiger charge is 2.35. The van der Waals surface area contributed by atoms with Crippen molar-refractivity contribution in [2.75, 3.05) is 0 Å². The zero-order valence-corrected chi connectivity index (χ0v) is 14.0. The monoisotopic (exact) mass is 252 g/mol. The molecular weight excluding hydrogens is 219 g/mol. The number of hydrogen-bond acceptors (Lipinski definition) is 0. The van der Waals surface area contributed by atoms with Crippen LogP contribution in [-0.2, 0) is 0 Å². The lowest BCUT2D eigenvalue weighted by Gasteiger charge is -2.22. The third kappa shape index (κ3) is 5.80. The van der Waals surface area contributed by atoms with Gasteiger partial charge in [-0.1, -0.05) is 88.0 Å². The first kappa shape index (κ1) is 15.6. The number of hydrogen-bond donors (Lipinski definition) is 0. The summed E-state index contributed by atoms with van der Waals surface area (Å²) < 4.78 is 0. The molecule has 100 valence electrons. The van der Waals surface area contributed by atoms with Gasteiger partial charge in [0.05, 0.1) is 0 Å². The minimum Gasteiger partial charge on any atom is -0.0967 e. The SMILES string of the molecule is C[CH2][Al]1[CH2][C@H](CCC(C)C)[C@@H](CCC(C)C)[CH2]1. The molecule has 0 amide bonds. The topological polar surface area (TPSA) is 0 Å². The first-order valence-electron chi connectivity index (χ1n) is 8.02. The second-order valence-electron chi connectivity index (χ2n) is 7.21. The van der Waals surface area contributed by atoms with Gasteiger partial charge in [0.25, 0.3) is 14.1 Å². The van der Waals surface area contributed by atoms with Gasteiger partial charge in [0.1, 0.15) is 0 Å². The van der Waals surface area contributed by atoms with Crippen molar-refractivity contribution in [3.8, 4) is 0 Å². The van der Waals surface area contributed by atoms with E-state index < -0.39 is 0 Å². The van der Waals surface area contributed by atoms with E-state index in [4.69, 9.17) is 0 Å². The molecule has 1 rings (SSSR count). The minimum atomic E-state index is -0.302. The van der Waals surface area contributed by atoms with Gasteiger partial charge in [-0.2, -0.15) is 0 Å². The van der Waals surface area contributed by atoms with Crippen LogP contribution in [0.5, 0.6) is 0 Å². The van der Waals surface area contributed by atoms with E-state index in [1.807, 2.05) is 0 Å². The zero-order valence-electron chi connectivity index (χ0n) is 12.8. The number of rotatable bonds is 7. The maximum Gasteiger partial charge on any atom is 0.262 e. The maximum absolute atomic E-state index is 2.45. The summed E-state index contributed by atoms with van der Waals surface area (Å²) in [5.74, 6) is 4.05. The fourth-order valence-corrected chi connectivity index (χ4v) is 7.29. The molecule has 2 atom stereocenters. The summed E-state index contributed by atoms with van der Waals surface area (Å²) >= 11 is -0.302. The van der Waals surface area contributed by atoms with Crippen LogP contribution in [0.2, 0.25) is 15.8 Å². The van der Waals surface area contributed by atoms with Gasteiger partial charge in [0, 0.05) is 0 Å². The Balaban J connectivity index is 2.39. The molecule has 0 aromatic carbocycles. The predicted octanol–water partition coefficient (Wildman–Crippen LogP) is 5.62. The van der Waals surface area contributed by atoms with E-state index in [0.717, 1.165) is 23.7 Å². The standard InChI is InChI=1S/C14H28.C2H5.Al/c1-11(2)7-9-13(5)14(6)10-8-12(3)4;1-2;/h11-14H,5-10H2,1-4H3;1H2,2H3;/t13-,14-;;/m1../s1. The molecule has 17 heavy (non-hydrogen) atoms. The molecule has 1 aliphatic heterocycles. The van der Waals surface area contributed by atoms with Crippen LogP contribution in [0.4, 0.5) is 0 Å². The van der Waals surface area contributed by atoms with Gasteiger partial charge in [-0.15, -0.1) is 0 Å². The Morgan fingerprint density at radius 1 is 0.882 bits per heavy atom. The van der Waals surface area contributed by atoms with E-state index >= 15 is 0 Å². The first-order valence-corrected chi connectivity index (χ1v) is 10.5. The Hall–Kier alpha value is 0.532. The van der Waals surface area contributed by atoms with Crippen molar-refractivity contribution in [3.63, 3.8) is 0 Å². The van der Waals surface area contributed by atoms with Crippen LogP contribution < -0.4 is 0 Å². The van der Waals surface area contributed by atoms with E-state index in [9.17, 15) is 0 Å². The van der Waals surface area contributed by atoms with Crippen molar-refractivity contribution in [2.24, 2.45) is 23.7 Å². The van der Waals surface area contributed by atoms with E-state index in [1.165, 1.54) is 25.7 Å². The third-order valence-corrected chi connectivity index (χ3v) is 8.44. The smallest absolute Gasteiger partial charge is 0.0967 e. The molecule has 0 radical (unpaired) electrons. The zero-order chi connectivity index (χ0) is 12.8. The Labute approximate surface area is 114 Å². The van der Waals surface area contributed by atoms with Crippen LogP contribution in [0.15, 0.2) is 0 Å². The molecule has 0 saturated carbocycles. The Kier molecular flexibility index (Phi) is 7.20. The maximum atomic E-state index is 2.45. The summed E-state index contributed by atoms with van der Waals surface area (Å²) in [6.07, 6.45) is 6.00. The molecule has 1 saturated heterocycles. The molecule has 0 aromatic rings. The van der Waals surface area contributed by atoms with Gasteiger partial charge >= 0.3 is 0 Å². The quantitative estimate of drug-likeness (QED) is 0.516. The van der Waals surface area contributed by atoms with Crippen LogP contribution in [-0.4, -0.2) is 14.1 Å². The molecule has 0 N–H and O–H groups in total. The summed E-state index contributed by atoms with van der Waals surface area (Å²) in [7, 11) is 0. The Morgan fingerprint density at radius 3 is 1.59 bits per heavy atom. The third-order valence-electron chi connectivity index (χ3n) is 4.75. The van der Waals surface area contributed by atoms with Crippen LogP contribution in [0, 0.1) is 23.7 Å². The fourth-order valence-electron chi connectivity index (χ4n) is 3.47. The van der Waals surface area contributed by atoms with Crippen molar-refractivity contribution in [1.82, 2.24) is 0 Å². The van der Waals surface area contributed by atoms with E-state index in [1.54, 1.807) is 15.8 Å². The predicted molar refractivity (Wildman–Crippen MR) is 81.0 cm³/mol. The molecule has 1 aliphatic rings. The largest absolute Gasteiger partial charge is 0.262 e. The Morgan fingerprint density at radius 2 is 1.29 bits per heavy atom. The molecule has 1 heteroatoms. The molecule has 0 aliphatic carbocycles. The molecule has 1 fully saturated rings. The molecular formula is C16H33Al. The summed E-state index contributed by atoms with van der Waals surface area (Å²) in [4.78, 5) is 0. The minimum absolute atomic E-state index is 0.302. The highest BCUT2D eigenvalue weighted by molar-refractivity contribution is 6.59. The van der Waals surface area contributed by atoms with Gasteiger partial charge in [-0.25, -0.2) is 0 Å². The van der Waals surface area contributed by atoms with E-state index in [2.05, 4.69) is 34.6 Å². The fraction of sp³-hybridized carbons (Fsp3) is 1.00. The molecule has 1 heterocycles. The van der Waals surface area contributed by atoms with Crippen molar-refractivity contribution in [2.45, 2.75) is 76.2 Å². The van der Waals surface area contributed by atoms with Crippen molar-refractivity contribution in [3.05, 3.63) is 0 Å². The normalized spacial score (nSPS) is 25.2. The van der Waals surface area contributed by atoms with Crippen LogP contribution in [0.25, 0.3) is 0 Å². The lowest BCUT2D eigenvalue weighted by atomic mass is 9.85. The van der Waals surface area contributed by atoms with Crippen molar-refractivity contribution >= 4 is 14.1 Å². The van der Waals surface area contributed by atoms with Gasteiger partial charge in [-0.3, -0.25) is 0 Å². The summed E-state index contributed by atoms with van der Waals surface area (Å²) in [6.45, 7) is 12.0. The average molecular weight is 252 g/mol. The van der Waals surface area contributed by atoms with Gasteiger partial charge in [-0.05, 0) is 11.8 Å². The van der Waals surface area contributed by atoms with Crippen LogP contribution in [0.1, 0.15) is 60.3 Å². The van der Waals surface area contributed by atoms with E-state index in [-0.39, 0.29) is 14.1 Å². The molecule has 0 spiro atoms. The van der Waals surface area contributed by atoms with Crippen molar-refractivity contribution in [1.29, 1.82) is 0 Å². The lowest BCUT2D eigenvalue weighted by Crippen LogP contribution is -2.09. The van der Waals surface area contributed by atoms with Crippen LogP contribution in [0.3, 0.4) is 0 Å². The Bertz CT molecular complexity index is 178. The first-order chi connectivity index (χ1) is 8.02. The highest BCUT2D eigenvalue weighted by atomic mass is 27.2. The summed E-state index contributed by atoms with van der Waals surface area (Å²) in [6, 6.07) is 0. The molecule has 0 nitrogen and oxygen atoms in total. The second kappa shape index (κ2) is 7.86. The van der Waals surface area contributed by atoms with Crippen LogP contribution >= 0.6 is 0 Å². The summed E-state index contributed by atoms with van der Waals surface area (Å²) in [5.41, 5.74) is 0. The van der Waals surface area contributed by atoms with Gasteiger partial charge in [0.2, 0.25) is 0 Å². The highest BCUT2D eigenvalue weighted by Crippen LogP contribution is 2.41. The average Bonchev–Trinajstić information content (AvgIpc) is 2.66. The second-order valence-corrected chi connectivity index (χ2v) is 10.7. The molecule has 0 aromatic heterocycles. The van der Waals surface area contributed by atoms with Gasteiger partial charge in [0.15, 0.2) is 0 Å². The lowest BCUT2D eigenvalue weighted by molar-refractivity contribution is 0.320. The summed E-state index contributed by atoms with van der Waals surface area (Å²) in [5, 5.41) is 4.90. The molecule has 0 bridgehead atoms. The van der Waals surface area contributed by atoms with Gasteiger partial charge < -0.3 is 0 Å². The van der Waals surface area contributed by atoms with E-state index in [0.29, 0.717) is 0 Å². The van der Waals surface area contributed by atoms with Crippen molar-refractivity contribution < 1.29 is 0 Å². The molecule has 0 unspecified atom stereocenters.